The van der Waals surface area contributed by atoms with E-state index in [1.54, 1.807) is 0 Å². The van der Waals surface area contributed by atoms with Crippen LogP contribution in [0, 0.1) is 17.3 Å². The SMILES string of the molecule is CC1CC(C)(C)CC12OCCNC2CC1CCC1. The highest BCUT2D eigenvalue weighted by atomic mass is 16.5. The molecule has 0 aromatic carbocycles. The van der Waals surface area contributed by atoms with Crippen molar-refractivity contribution in [3.63, 3.8) is 0 Å². The van der Waals surface area contributed by atoms with Crippen LogP contribution in [0.25, 0.3) is 0 Å². The van der Waals surface area contributed by atoms with E-state index in [1.165, 1.54) is 38.5 Å². The van der Waals surface area contributed by atoms with Crippen molar-refractivity contribution in [3.8, 4) is 0 Å². The summed E-state index contributed by atoms with van der Waals surface area (Å²) in [6.07, 6.45) is 8.26. The Morgan fingerprint density at radius 1 is 1.28 bits per heavy atom. The topological polar surface area (TPSA) is 21.3 Å². The fourth-order valence-electron chi connectivity index (χ4n) is 4.75. The minimum atomic E-state index is 0.136. The molecular formula is C16H29NO. The fourth-order valence-corrected chi connectivity index (χ4v) is 4.75. The zero-order valence-corrected chi connectivity index (χ0v) is 12.3. The summed E-state index contributed by atoms with van der Waals surface area (Å²) in [7, 11) is 0. The van der Waals surface area contributed by atoms with Gasteiger partial charge in [0.15, 0.2) is 0 Å². The van der Waals surface area contributed by atoms with E-state index in [4.69, 9.17) is 4.74 Å². The number of hydrogen-bond acceptors (Lipinski definition) is 2. The molecule has 2 saturated carbocycles. The number of nitrogens with one attached hydrogen (secondary N) is 1. The summed E-state index contributed by atoms with van der Waals surface area (Å²) in [6, 6.07) is 0.605. The summed E-state index contributed by atoms with van der Waals surface area (Å²) in [4.78, 5) is 0. The van der Waals surface area contributed by atoms with Crippen molar-refractivity contribution in [2.45, 2.75) is 70.9 Å². The van der Waals surface area contributed by atoms with Gasteiger partial charge in [-0.2, -0.15) is 0 Å². The molecule has 1 saturated heterocycles. The Bertz CT molecular complexity index is 310. The predicted octanol–water partition coefficient (Wildman–Crippen LogP) is 3.36. The molecule has 1 aliphatic heterocycles. The summed E-state index contributed by atoms with van der Waals surface area (Å²) >= 11 is 0. The van der Waals surface area contributed by atoms with E-state index < -0.39 is 0 Å². The number of ether oxygens (including phenoxy) is 1. The molecule has 0 radical (unpaired) electrons. The third-order valence-electron chi connectivity index (χ3n) is 5.69. The highest BCUT2D eigenvalue weighted by Crippen LogP contribution is 2.53. The van der Waals surface area contributed by atoms with Gasteiger partial charge in [0.05, 0.1) is 12.2 Å². The molecule has 0 aromatic heterocycles. The first-order valence-electron chi connectivity index (χ1n) is 7.89. The second-order valence-electron chi connectivity index (χ2n) is 7.79. The van der Waals surface area contributed by atoms with Gasteiger partial charge in [-0.3, -0.25) is 0 Å². The minimum Gasteiger partial charge on any atom is -0.372 e. The third kappa shape index (κ3) is 2.12. The molecule has 3 unspecified atom stereocenters. The lowest BCUT2D eigenvalue weighted by Gasteiger charge is -2.47. The fraction of sp³-hybridized carbons (Fsp3) is 1.00. The molecule has 2 nitrogen and oxygen atoms in total. The van der Waals surface area contributed by atoms with Gasteiger partial charge in [-0.1, -0.05) is 40.0 Å². The van der Waals surface area contributed by atoms with Gasteiger partial charge in [-0.05, 0) is 36.5 Å². The molecule has 3 atom stereocenters. The normalized spacial score (nSPS) is 44.2. The monoisotopic (exact) mass is 251 g/mol. The van der Waals surface area contributed by atoms with Crippen LogP contribution in [0.4, 0.5) is 0 Å². The average molecular weight is 251 g/mol. The highest BCUT2D eigenvalue weighted by Gasteiger charge is 2.55. The van der Waals surface area contributed by atoms with E-state index in [-0.39, 0.29) is 5.60 Å². The van der Waals surface area contributed by atoms with Crippen molar-refractivity contribution < 1.29 is 4.74 Å². The number of morpholine rings is 1. The lowest BCUT2D eigenvalue weighted by atomic mass is 9.73. The van der Waals surface area contributed by atoms with Crippen LogP contribution in [-0.2, 0) is 4.74 Å². The van der Waals surface area contributed by atoms with Gasteiger partial charge in [-0.25, -0.2) is 0 Å². The van der Waals surface area contributed by atoms with E-state index >= 15 is 0 Å². The minimum absolute atomic E-state index is 0.136. The van der Waals surface area contributed by atoms with Crippen LogP contribution in [0.1, 0.15) is 59.3 Å². The predicted molar refractivity (Wildman–Crippen MR) is 74.6 cm³/mol. The van der Waals surface area contributed by atoms with Crippen LogP contribution in [0.2, 0.25) is 0 Å². The van der Waals surface area contributed by atoms with Crippen LogP contribution in [-0.4, -0.2) is 24.8 Å². The van der Waals surface area contributed by atoms with Crippen molar-refractivity contribution in [1.82, 2.24) is 5.32 Å². The Hall–Kier alpha value is -0.0800. The molecule has 0 aromatic rings. The van der Waals surface area contributed by atoms with Crippen molar-refractivity contribution in [2.75, 3.05) is 13.2 Å². The summed E-state index contributed by atoms with van der Waals surface area (Å²) in [6.45, 7) is 9.19. The molecule has 1 spiro atoms. The molecule has 1 N–H and O–H groups in total. The van der Waals surface area contributed by atoms with Crippen molar-refractivity contribution in [2.24, 2.45) is 17.3 Å². The largest absolute Gasteiger partial charge is 0.372 e. The van der Waals surface area contributed by atoms with E-state index in [1.807, 2.05) is 0 Å². The van der Waals surface area contributed by atoms with Crippen molar-refractivity contribution in [3.05, 3.63) is 0 Å². The maximum Gasteiger partial charge on any atom is 0.0866 e. The summed E-state index contributed by atoms with van der Waals surface area (Å²) < 4.78 is 6.39. The Balaban J connectivity index is 1.77. The van der Waals surface area contributed by atoms with Crippen LogP contribution < -0.4 is 5.32 Å². The van der Waals surface area contributed by atoms with Gasteiger partial charge < -0.3 is 10.1 Å². The Labute approximate surface area is 112 Å². The first-order chi connectivity index (χ1) is 8.52. The Morgan fingerprint density at radius 2 is 2.06 bits per heavy atom. The number of rotatable bonds is 2. The van der Waals surface area contributed by atoms with E-state index in [0.29, 0.717) is 17.4 Å². The molecular weight excluding hydrogens is 222 g/mol. The zero-order chi connectivity index (χ0) is 12.8. The zero-order valence-electron chi connectivity index (χ0n) is 12.3. The van der Waals surface area contributed by atoms with Gasteiger partial charge in [-0.15, -0.1) is 0 Å². The first-order valence-corrected chi connectivity index (χ1v) is 7.89. The highest BCUT2D eigenvalue weighted by molar-refractivity contribution is 5.08. The standard InChI is InChI=1S/C16H29NO/c1-12-10-15(2,3)11-16(12)14(17-7-8-18-16)9-13-5-4-6-13/h12-14,17H,4-11H2,1-3H3. The Morgan fingerprint density at radius 3 is 2.61 bits per heavy atom. The molecule has 2 aliphatic carbocycles. The maximum atomic E-state index is 6.39. The average Bonchev–Trinajstić information content (AvgIpc) is 2.45. The lowest BCUT2D eigenvalue weighted by Crippen LogP contribution is -2.60. The van der Waals surface area contributed by atoms with Crippen LogP contribution in [0.15, 0.2) is 0 Å². The second-order valence-corrected chi connectivity index (χ2v) is 7.79. The van der Waals surface area contributed by atoms with Gasteiger partial charge in [0, 0.05) is 12.6 Å². The quantitative estimate of drug-likeness (QED) is 0.812. The molecule has 3 fully saturated rings. The van der Waals surface area contributed by atoms with E-state index in [0.717, 1.165) is 19.1 Å². The van der Waals surface area contributed by atoms with Crippen LogP contribution in [0.5, 0.6) is 0 Å². The number of hydrogen-bond donors (Lipinski definition) is 1. The van der Waals surface area contributed by atoms with Crippen molar-refractivity contribution in [1.29, 1.82) is 0 Å². The van der Waals surface area contributed by atoms with Crippen LogP contribution in [0.3, 0.4) is 0 Å². The van der Waals surface area contributed by atoms with Gasteiger partial charge in [0.25, 0.3) is 0 Å². The molecule has 104 valence electrons. The van der Waals surface area contributed by atoms with E-state index in [2.05, 4.69) is 26.1 Å². The molecule has 3 rings (SSSR count). The first kappa shape index (κ1) is 12.9. The lowest BCUT2D eigenvalue weighted by molar-refractivity contribution is -0.126. The molecule has 3 aliphatic rings. The maximum absolute atomic E-state index is 6.39. The van der Waals surface area contributed by atoms with Gasteiger partial charge >= 0.3 is 0 Å². The smallest absolute Gasteiger partial charge is 0.0866 e. The van der Waals surface area contributed by atoms with Gasteiger partial charge in [0.1, 0.15) is 0 Å². The molecule has 0 amide bonds. The second kappa shape index (κ2) is 4.49. The summed E-state index contributed by atoms with van der Waals surface area (Å²) in [5, 5.41) is 3.79. The van der Waals surface area contributed by atoms with Gasteiger partial charge in [0.2, 0.25) is 0 Å². The van der Waals surface area contributed by atoms with E-state index in [9.17, 15) is 0 Å². The molecule has 18 heavy (non-hydrogen) atoms. The summed E-state index contributed by atoms with van der Waals surface area (Å²) in [5.41, 5.74) is 0.591. The Kier molecular flexibility index (Phi) is 3.22. The van der Waals surface area contributed by atoms with Crippen molar-refractivity contribution >= 4 is 0 Å². The summed E-state index contributed by atoms with van der Waals surface area (Å²) in [5.74, 6) is 1.67. The molecule has 2 heteroatoms. The van der Waals surface area contributed by atoms with Crippen LogP contribution >= 0.6 is 0 Å². The molecule has 0 bridgehead atoms. The third-order valence-corrected chi connectivity index (χ3v) is 5.69. The molecule has 1 heterocycles.